The Bertz CT molecular complexity index is 1780. The number of aliphatic hydroxyl groups excluding tert-OH is 1. The zero-order valence-corrected chi connectivity index (χ0v) is 25.3. The van der Waals surface area contributed by atoms with Crippen LogP contribution in [0.25, 0.3) is 5.69 Å². The Hall–Kier alpha value is -3.98. The first kappa shape index (κ1) is 28.2. The summed E-state index contributed by atoms with van der Waals surface area (Å²) in [4.78, 5) is 28.1. The van der Waals surface area contributed by atoms with Crippen LogP contribution in [0, 0.1) is 6.92 Å². The van der Waals surface area contributed by atoms with Crippen molar-refractivity contribution >= 4 is 52.1 Å². The van der Waals surface area contributed by atoms with Crippen LogP contribution in [0.15, 0.2) is 60.8 Å². The van der Waals surface area contributed by atoms with E-state index in [9.17, 15) is 14.7 Å². The van der Waals surface area contributed by atoms with Gasteiger partial charge in [-0.15, -0.1) is 0 Å². The smallest absolute Gasteiger partial charge is 0.259 e. The van der Waals surface area contributed by atoms with Crippen molar-refractivity contribution < 1.29 is 19.4 Å². The Morgan fingerprint density at radius 1 is 1.07 bits per heavy atom. The zero-order valence-electron chi connectivity index (χ0n) is 23.8. The number of hydrogen-bond donors (Lipinski definition) is 3. The minimum atomic E-state index is -1.43. The third-order valence-electron chi connectivity index (χ3n) is 8.00. The number of carbonyl (C=O) groups is 2. The highest BCUT2D eigenvalue weighted by atomic mass is 35.5. The Labute approximate surface area is 253 Å². The second-order valence-corrected chi connectivity index (χ2v) is 11.8. The number of nitrogens with zero attached hydrogens (tertiary/aromatic N) is 2. The van der Waals surface area contributed by atoms with Crippen LogP contribution < -0.4 is 20.3 Å². The molecular weight excluding hydrogens is 575 g/mol. The number of amides is 2. The fourth-order valence-electron chi connectivity index (χ4n) is 6.41. The summed E-state index contributed by atoms with van der Waals surface area (Å²) < 4.78 is 7.69. The average Bonchev–Trinajstić information content (AvgIpc) is 3.53. The predicted molar refractivity (Wildman–Crippen MR) is 165 cm³/mol. The number of aliphatic hydroxyl groups is 1. The van der Waals surface area contributed by atoms with Gasteiger partial charge < -0.3 is 29.9 Å². The first-order valence-corrected chi connectivity index (χ1v) is 14.3. The number of carbonyl (C=O) groups excluding carboxylic acids is 2. The third kappa shape index (κ3) is 4.01. The van der Waals surface area contributed by atoms with Crippen molar-refractivity contribution in [3.63, 3.8) is 0 Å². The normalized spacial score (nSPS) is 18.8. The van der Waals surface area contributed by atoms with Crippen LogP contribution in [-0.2, 0) is 15.1 Å². The van der Waals surface area contributed by atoms with Crippen molar-refractivity contribution in [3.8, 4) is 11.4 Å². The Kier molecular flexibility index (Phi) is 6.76. The molecule has 6 rings (SSSR count). The number of hydrogen-bond acceptors (Lipinski definition) is 5. The van der Waals surface area contributed by atoms with E-state index >= 15 is 0 Å². The van der Waals surface area contributed by atoms with E-state index in [1.165, 1.54) is 6.92 Å². The molecule has 10 heteroatoms. The van der Waals surface area contributed by atoms with Crippen LogP contribution in [0.4, 0.5) is 17.1 Å². The molecule has 3 heterocycles. The molecule has 8 nitrogen and oxygen atoms in total. The van der Waals surface area contributed by atoms with Gasteiger partial charge in [0.15, 0.2) is 11.8 Å². The summed E-state index contributed by atoms with van der Waals surface area (Å²) in [6.45, 7) is 7.45. The summed E-state index contributed by atoms with van der Waals surface area (Å²) in [6, 6.07) is 16.1. The highest BCUT2D eigenvalue weighted by Gasteiger charge is 2.62. The summed E-state index contributed by atoms with van der Waals surface area (Å²) >= 11 is 12.8. The van der Waals surface area contributed by atoms with Crippen molar-refractivity contribution in [2.45, 2.75) is 45.4 Å². The summed E-state index contributed by atoms with van der Waals surface area (Å²) in [6.07, 6.45) is 0.654. The first-order chi connectivity index (χ1) is 20.0. The Morgan fingerprint density at radius 3 is 2.48 bits per heavy atom. The number of methoxy groups -OCH3 is 1. The van der Waals surface area contributed by atoms with Crippen molar-refractivity contribution in [1.82, 2.24) is 4.57 Å². The molecule has 3 aromatic carbocycles. The summed E-state index contributed by atoms with van der Waals surface area (Å²) in [5.74, 6) is -0.0501. The SMILES string of the molecule is COc1ccc(NC(C)=O)cc1-n1cc2c(c1C(C)C)[C@@]1(C(=O)Nc3cc(Cl)ccc31)N(c1cc(Cl)ccc1C)C2O. The van der Waals surface area contributed by atoms with E-state index in [2.05, 4.69) is 10.6 Å². The molecular formula is C32H30Cl2N4O4. The molecule has 3 N–H and O–H groups in total. The van der Waals surface area contributed by atoms with Crippen LogP contribution in [-0.4, -0.2) is 28.6 Å². The number of halogens is 2. The van der Waals surface area contributed by atoms with E-state index in [4.69, 9.17) is 27.9 Å². The Balaban J connectivity index is 1.71. The number of anilines is 3. The molecule has 0 saturated carbocycles. The highest BCUT2D eigenvalue weighted by Crippen LogP contribution is 2.59. The molecule has 1 unspecified atom stereocenters. The molecule has 0 aliphatic carbocycles. The van der Waals surface area contributed by atoms with E-state index in [1.807, 2.05) is 49.7 Å². The summed E-state index contributed by atoms with van der Waals surface area (Å²) in [5.41, 5.74) is 4.60. The van der Waals surface area contributed by atoms with Crippen molar-refractivity contribution in [2.24, 2.45) is 0 Å². The van der Waals surface area contributed by atoms with Gasteiger partial charge in [0, 0.05) is 62.6 Å². The largest absolute Gasteiger partial charge is 0.495 e. The predicted octanol–water partition coefficient (Wildman–Crippen LogP) is 6.89. The standard InChI is InChI=1S/C32H30Cl2N4O4/c1-16(2)29-28-22(15-37(29)26-14-21(35-18(4)39)9-11-27(26)42-5)30(40)38(25-13-20(34)7-6-17(25)3)32(28)23-10-8-19(33)12-24(23)36-31(32)41/h6-16,30,40H,1-5H3,(H,35,39)(H,36,41)/t30?,32-/m0/s1. The molecule has 42 heavy (non-hydrogen) atoms. The van der Waals surface area contributed by atoms with Gasteiger partial charge in [-0.2, -0.15) is 0 Å². The lowest BCUT2D eigenvalue weighted by Crippen LogP contribution is -2.50. The van der Waals surface area contributed by atoms with Gasteiger partial charge in [0.1, 0.15) is 5.75 Å². The maximum atomic E-state index is 14.5. The molecule has 0 bridgehead atoms. The molecule has 4 aromatic rings. The number of fused-ring (bicyclic) bond motifs is 4. The number of aryl methyl sites for hydroxylation is 1. The van der Waals surface area contributed by atoms with Gasteiger partial charge in [-0.3, -0.25) is 9.59 Å². The quantitative estimate of drug-likeness (QED) is 0.230. The zero-order chi connectivity index (χ0) is 30.1. The lowest BCUT2D eigenvalue weighted by molar-refractivity contribution is -0.120. The molecule has 1 spiro atoms. The molecule has 0 saturated heterocycles. The van der Waals surface area contributed by atoms with Crippen molar-refractivity contribution in [2.75, 3.05) is 22.6 Å². The minimum Gasteiger partial charge on any atom is -0.495 e. The van der Waals surface area contributed by atoms with Gasteiger partial charge in [0.2, 0.25) is 5.91 Å². The monoisotopic (exact) mass is 604 g/mol. The van der Waals surface area contributed by atoms with Crippen LogP contribution in [0.1, 0.15) is 60.9 Å². The second-order valence-electron chi connectivity index (χ2n) is 11.0. The molecule has 2 aliphatic heterocycles. The number of nitrogens with one attached hydrogen (secondary N) is 2. The van der Waals surface area contributed by atoms with Crippen LogP contribution >= 0.6 is 23.2 Å². The van der Waals surface area contributed by atoms with E-state index in [-0.39, 0.29) is 17.7 Å². The first-order valence-electron chi connectivity index (χ1n) is 13.6. The summed E-state index contributed by atoms with van der Waals surface area (Å²) in [5, 5.41) is 19.0. The molecule has 0 radical (unpaired) electrons. The maximum Gasteiger partial charge on any atom is 0.259 e. The maximum absolute atomic E-state index is 14.5. The van der Waals surface area contributed by atoms with Gasteiger partial charge in [-0.25, -0.2) is 0 Å². The second kappa shape index (κ2) is 10.1. The molecule has 2 atom stereocenters. The molecule has 2 aliphatic rings. The van der Waals surface area contributed by atoms with E-state index in [0.717, 1.165) is 11.3 Å². The van der Waals surface area contributed by atoms with E-state index in [1.54, 1.807) is 48.4 Å². The number of rotatable bonds is 5. The van der Waals surface area contributed by atoms with E-state index in [0.29, 0.717) is 55.2 Å². The minimum absolute atomic E-state index is 0.100. The number of aromatic nitrogens is 1. The number of ether oxygens (including phenoxy) is 1. The molecule has 1 aromatic heterocycles. The lowest BCUT2D eigenvalue weighted by Gasteiger charge is -2.39. The van der Waals surface area contributed by atoms with Gasteiger partial charge in [0.25, 0.3) is 5.91 Å². The van der Waals surface area contributed by atoms with E-state index < -0.39 is 11.8 Å². The molecule has 2 amide bonds. The third-order valence-corrected chi connectivity index (χ3v) is 8.47. The van der Waals surface area contributed by atoms with Gasteiger partial charge in [-0.05, 0) is 60.9 Å². The van der Waals surface area contributed by atoms with Gasteiger partial charge in [-0.1, -0.05) is 49.2 Å². The fraction of sp³-hybridized carbons (Fsp3) is 0.250. The lowest BCUT2D eigenvalue weighted by atomic mass is 9.81. The fourth-order valence-corrected chi connectivity index (χ4v) is 6.75. The molecule has 216 valence electrons. The Morgan fingerprint density at radius 2 is 1.79 bits per heavy atom. The van der Waals surface area contributed by atoms with Crippen LogP contribution in [0.3, 0.4) is 0 Å². The van der Waals surface area contributed by atoms with Crippen LogP contribution in [0.2, 0.25) is 10.0 Å². The van der Waals surface area contributed by atoms with Gasteiger partial charge >= 0.3 is 0 Å². The highest BCUT2D eigenvalue weighted by molar-refractivity contribution is 6.31. The summed E-state index contributed by atoms with van der Waals surface area (Å²) in [7, 11) is 1.58. The average molecular weight is 606 g/mol. The number of benzene rings is 3. The topological polar surface area (TPSA) is 95.8 Å². The van der Waals surface area contributed by atoms with Crippen molar-refractivity contribution in [1.29, 1.82) is 0 Å². The van der Waals surface area contributed by atoms with Crippen molar-refractivity contribution in [3.05, 3.63) is 98.8 Å². The molecule has 0 fully saturated rings. The van der Waals surface area contributed by atoms with Crippen LogP contribution in [0.5, 0.6) is 5.75 Å². The van der Waals surface area contributed by atoms with Gasteiger partial charge in [0.05, 0.1) is 12.8 Å².